The number of rotatable bonds is 5. The van der Waals surface area contributed by atoms with Gasteiger partial charge in [-0.25, -0.2) is 0 Å². The number of hydrogen-bond donors (Lipinski definition) is 2. The first-order valence-electron chi connectivity index (χ1n) is 4.48. The molecule has 3 nitrogen and oxygen atoms in total. The van der Waals surface area contributed by atoms with Crippen LogP contribution in [0.3, 0.4) is 0 Å². The van der Waals surface area contributed by atoms with E-state index in [0.717, 1.165) is 4.90 Å². The van der Waals surface area contributed by atoms with Crippen LogP contribution < -0.4 is 5.73 Å². The normalized spacial score (nSPS) is 17.1. The van der Waals surface area contributed by atoms with E-state index in [1.807, 2.05) is 0 Å². The lowest BCUT2D eigenvalue weighted by Gasteiger charge is -2.33. The second-order valence-corrected chi connectivity index (χ2v) is 3.26. The van der Waals surface area contributed by atoms with Crippen molar-refractivity contribution >= 4 is 0 Å². The van der Waals surface area contributed by atoms with Crippen molar-refractivity contribution in [1.82, 2.24) is 4.90 Å². The van der Waals surface area contributed by atoms with E-state index in [1.54, 1.807) is 6.92 Å². The maximum Gasteiger partial charge on any atom is 0.405 e. The van der Waals surface area contributed by atoms with E-state index < -0.39 is 18.3 Å². The summed E-state index contributed by atoms with van der Waals surface area (Å²) < 4.78 is 37.6. The summed E-state index contributed by atoms with van der Waals surface area (Å²) >= 11 is 0. The Hall–Kier alpha value is -0.330. The highest BCUT2D eigenvalue weighted by molar-refractivity contribution is 4.85. The number of nitrogens with two attached hydrogens (primary N) is 1. The van der Waals surface area contributed by atoms with Crippen LogP contribution in [0.15, 0.2) is 0 Å². The topological polar surface area (TPSA) is 49.5 Å². The lowest BCUT2D eigenvalue weighted by atomic mass is 10.1. The molecule has 0 aliphatic heterocycles. The zero-order valence-corrected chi connectivity index (χ0v) is 8.38. The van der Waals surface area contributed by atoms with Crippen molar-refractivity contribution < 1.29 is 18.3 Å². The third-order valence-electron chi connectivity index (χ3n) is 2.14. The van der Waals surface area contributed by atoms with Gasteiger partial charge in [0.2, 0.25) is 0 Å². The zero-order valence-electron chi connectivity index (χ0n) is 8.38. The molecule has 0 saturated heterocycles. The van der Waals surface area contributed by atoms with E-state index in [1.165, 1.54) is 7.05 Å². The molecule has 0 saturated carbocycles. The minimum atomic E-state index is -4.35. The maximum atomic E-state index is 12.5. The Labute approximate surface area is 81.7 Å². The number of alkyl halides is 3. The van der Waals surface area contributed by atoms with Crippen LogP contribution in [0.2, 0.25) is 0 Å². The third kappa shape index (κ3) is 3.81. The fraction of sp³-hybridized carbons (Fsp3) is 1.00. The standard InChI is InChI=1S/C8H17F3N2O/c1-3-6(12)7(8(9,10)11)13(2)4-5-14/h6-7,14H,3-5,12H2,1-2H3. The van der Waals surface area contributed by atoms with E-state index in [4.69, 9.17) is 10.8 Å². The monoisotopic (exact) mass is 214 g/mol. The summed E-state index contributed by atoms with van der Waals surface area (Å²) in [7, 11) is 1.31. The first-order chi connectivity index (χ1) is 6.34. The van der Waals surface area contributed by atoms with Gasteiger partial charge in [-0.3, -0.25) is 4.90 Å². The molecule has 0 aromatic carbocycles. The van der Waals surface area contributed by atoms with Gasteiger partial charge in [-0.15, -0.1) is 0 Å². The summed E-state index contributed by atoms with van der Waals surface area (Å²) in [6, 6.07) is -2.63. The summed E-state index contributed by atoms with van der Waals surface area (Å²) in [6.45, 7) is 1.27. The van der Waals surface area contributed by atoms with Crippen molar-refractivity contribution in [2.45, 2.75) is 31.6 Å². The first kappa shape index (κ1) is 13.7. The predicted octanol–water partition coefficient (Wildman–Crippen LogP) is 0.579. The largest absolute Gasteiger partial charge is 0.405 e. The maximum absolute atomic E-state index is 12.5. The Morgan fingerprint density at radius 3 is 2.21 bits per heavy atom. The lowest BCUT2D eigenvalue weighted by Crippen LogP contribution is -2.55. The molecule has 0 radical (unpaired) electrons. The van der Waals surface area contributed by atoms with E-state index in [0.29, 0.717) is 0 Å². The molecule has 0 spiro atoms. The van der Waals surface area contributed by atoms with Crippen LogP contribution in [0.1, 0.15) is 13.3 Å². The summed E-state index contributed by atoms with van der Waals surface area (Å²) in [5.41, 5.74) is 5.39. The molecule has 3 N–H and O–H groups in total. The van der Waals surface area contributed by atoms with Gasteiger partial charge >= 0.3 is 6.18 Å². The predicted molar refractivity (Wildman–Crippen MR) is 47.8 cm³/mol. The van der Waals surface area contributed by atoms with Gasteiger partial charge in [-0.2, -0.15) is 13.2 Å². The highest BCUT2D eigenvalue weighted by atomic mass is 19.4. The van der Waals surface area contributed by atoms with Gasteiger partial charge in [0.05, 0.1) is 6.61 Å². The van der Waals surface area contributed by atoms with Crippen molar-refractivity contribution in [3.05, 3.63) is 0 Å². The van der Waals surface area contributed by atoms with Crippen molar-refractivity contribution in [2.24, 2.45) is 5.73 Å². The molecule has 0 heterocycles. The van der Waals surface area contributed by atoms with Gasteiger partial charge in [-0.05, 0) is 13.5 Å². The van der Waals surface area contributed by atoms with E-state index in [-0.39, 0.29) is 19.6 Å². The molecule has 86 valence electrons. The molecular weight excluding hydrogens is 197 g/mol. The lowest BCUT2D eigenvalue weighted by molar-refractivity contribution is -0.186. The zero-order chi connectivity index (χ0) is 11.4. The highest BCUT2D eigenvalue weighted by Gasteiger charge is 2.45. The van der Waals surface area contributed by atoms with Crippen LogP contribution in [0.4, 0.5) is 13.2 Å². The van der Waals surface area contributed by atoms with E-state index >= 15 is 0 Å². The van der Waals surface area contributed by atoms with Crippen molar-refractivity contribution in [3.63, 3.8) is 0 Å². The van der Waals surface area contributed by atoms with Crippen LogP contribution in [-0.4, -0.2) is 48.5 Å². The van der Waals surface area contributed by atoms with Crippen molar-refractivity contribution in [2.75, 3.05) is 20.2 Å². The molecule has 0 aliphatic carbocycles. The van der Waals surface area contributed by atoms with Crippen LogP contribution in [0.25, 0.3) is 0 Å². The molecule has 0 aromatic rings. The van der Waals surface area contributed by atoms with Crippen molar-refractivity contribution in [1.29, 1.82) is 0 Å². The number of likely N-dealkylation sites (N-methyl/N-ethyl adjacent to an activating group) is 1. The SMILES string of the molecule is CCC(N)C(N(C)CCO)C(F)(F)F. The molecule has 14 heavy (non-hydrogen) atoms. The Morgan fingerprint density at radius 2 is 1.93 bits per heavy atom. The van der Waals surface area contributed by atoms with Crippen LogP contribution in [-0.2, 0) is 0 Å². The average molecular weight is 214 g/mol. The van der Waals surface area contributed by atoms with Gasteiger partial charge in [0.1, 0.15) is 6.04 Å². The number of aliphatic hydroxyl groups excluding tert-OH is 1. The van der Waals surface area contributed by atoms with Crippen LogP contribution in [0, 0.1) is 0 Å². The molecular formula is C8H17F3N2O. The summed E-state index contributed by atoms with van der Waals surface area (Å²) in [6.07, 6.45) is -4.10. The molecule has 6 heteroatoms. The van der Waals surface area contributed by atoms with Gasteiger partial charge in [-0.1, -0.05) is 6.92 Å². The summed E-state index contributed by atoms with van der Waals surface area (Å²) in [5, 5.41) is 8.56. The van der Waals surface area contributed by atoms with E-state index in [9.17, 15) is 13.2 Å². The minimum absolute atomic E-state index is 0.0299. The Kier molecular flexibility index (Phi) is 5.40. The Balaban J connectivity index is 4.55. The molecule has 2 atom stereocenters. The van der Waals surface area contributed by atoms with Crippen LogP contribution >= 0.6 is 0 Å². The number of aliphatic hydroxyl groups is 1. The van der Waals surface area contributed by atoms with Crippen molar-refractivity contribution in [3.8, 4) is 0 Å². The second kappa shape index (κ2) is 5.53. The Morgan fingerprint density at radius 1 is 1.43 bits per heavy atom. The molecule has 0 bridgehead atoms. The third-order valence-corrected chi connectivity index (χ3v) is 2.14. The average Bonchev–Trinajstić information content (AvgIpc) is 2.02. The highest BCUT2D eigenvalue weighted by Crippen LogP contribution is 2.26. The summed E-state index contributed by atoms with van der Waals surface area (Å²) in [4.78, 5) is 1.04. The summed E-state index contributed by atoms with van der Waals surface area (Å²) in [5.74, 6) is 0. The molecule has 0 aliphatic rings. The fourth-order valence-corrected chi connectivity index (χ4v) is 1.34. The molecule has 0 rings (SSSR count). The Bertz CT molecular complexity index is 163. The quantitative estimate of drug-likeness (QED) is 0.703. The second-order valence-electron chi connectivity index (χ2n) is 3.26. The molecule has 0 amide bonds. The smallest absolute Gasteiger partial charge is 0.395 e. The van der Waals surface area contributed by atoms with Gasteiger partial charge < -0.3 is 10.8 Å². The first-order valence-corrected chi connectivity index (χ1v) is 4.48. The molecule has 2 unspecified atom stereocenters. The molecule has 0 aromatic heterocycles. The fourth-order valence-electron chi connectivity index (χ4n) is 1.34. The van der Waals surface area contributed by atoms with Crippen LogP contribution in [0.5, 0.6) is 0 Å². The minimum Gasteiger partial charge on any atom is -0.395 e. The number of halogens is 3. The van der Waals surface area contributed by atoms with Gasteiger partial charge in [0.15, 0.2) is 0 Å². The van der Waals surface area contributed by atoms with Gasteiger partial charge in [0.25, 0.3) is 0 Å². The van der Waals surface area contributed by atoms with E-state index in [2.05, 4.69) is 0 Å². The number of hydrogen-bond acceptors (Lipinski definition) is 3. The van der Waals surface area contributed by atoms with Gasteiger partial charge in [0, 0.05) is 12.6 Å². The molecule has 0 fully saturated rings. The number of nitrogens with zero attached hydrogens (tertiary/aromatic N) is 1.